The second-order valence-electron chi connectivity index (χ2n) is 4.24. The first-order valence-corrected chi connectivity index (χ1v) is 4.63. The molecule has 0 heterocycles. The Morgan fingerprint density at radius 3 is 2.92 bits per heavy atom. The van der Waals surface area contributed by atoms with E-state index in [-0.39, 0.29) is 11.4 Å². The van der Waals surface area contributed by atoms with E-state index in [0.717, 1.165) is 24.8 Å². The molecule has 0 fully saturated rings. The molecular weight excluding hydrogens is 165 g/mol. The van der Waals surface area contributed by atoms with Crippen LogP contribution < -0.4 is 5.73 Å². The third-order valence-electron chi connectivity index (χ3n) is 2.73. The highest BCUT2D eigenvalue weighted by Gasteiger charge is 2.25. The molecule has 1 aliphatic rings. The largest absolute Gasteiger partial charge is 0.325 e. The molecule has 1 atom stereocenters. The second-order valence-corrected chi connectivity index (χ2v) is 4.24. The average Bonchev–Trinajstić information content (AvgIpc) is 2.01. The summed E-state index contributed by atoms with van der Waals surface area (Å²) in [4.78, 5) is 0. The first-order valence-electron chi connectivity index (χ1n) is 4.63. The highest BCUT2D eigenvalue weighted by Crippen LogP contribution is 2.27. The summed E-state index contributed by atoms with van der Waals surface area (Å²) >= 11 is 0. The minimum atomic E-state index is -0.156. The number of halogens is 1. The van der Waals surface area contributed by atoms with E-state index in [1.165, 1.54) is 11.6 Å². The fourth-order valence-corrected chi connectivity index (χ4v) is 1.95. The topological polar surface area (TPSA) is 26.0 Å². The lowest BCUT2D eigenvalue weighted by atomic mass is 9.80. The highest BCUT2D eigenvalue weighted by atomic mass is 19.1. The summed E-state index contributed by atoms with van der Waals surface area (Å²) in [7, 11) is 0. The van der Waals surface area contributed by atoms with E-state index in [1.807, 2.05) is 13.0 Å². The van der Waals surface area contributed by atoms with Crippen molar-refractivity contribution >= 4 is 0 Å². The van der Waals surface area contributed by atoms with Gasteiger partial charge in [-0.1, -0.05) is 6.07 Å². The zero-order valence-electron chi connectivity index (χ0n) is 7.81. The fraction of sp³-hybridized carbons (Fsp3) is 0.455. The van der Waals surface area contributed by atoms with E-state index >= 15 is 0 Å². The number of hydrogen-bond donors (Lipinski definition) is 1. The normalized spacial score (nSPS) is 27.0. The van der Waals surface area contributed by atoms with E-state index in [0.29, 0.717) is 0 Å². The Bertz CT molecular complexity index is 331. The molecule has 0 amide bonds. The van der Waals surface area contributed by atoms with E-state index in [2.05, 4.69) is 0 Å². The Hall–Kier alpha value is -0.890. The molecule has 1 aromatic rings. The van der Waals surface area contributed by atoms with Crippen molar-refractivity contribution in [3.05, 3.63) is 35.1 Å². The molecule has 1 aliphatic carbocycles. The maximum absolute atomic E-state index is 12.9. The molecule has 2 heteroatoms. The molecule has 70 valence electrons. The third kappa shape index (κ3) is 1.73. The fourth-order valence-electron chi connectivity index (χ4n) is 1.95. The van der Waals surface area contributed by atoms with Gasteiger partial charge in [-0.15, -0.1) is 0 Å². The summed E-state index contributed by atoms with van der Waals surface area (Å²) < 4.78 is 12.9. The SMILES string of the molecule is CC1(N)CCc2ccc(F)cc2C1. The molecule has 1 aromatic carbocycles. The van der Waals surface area contributed by atoms with Crippen LogP contribution in [0, 0.1) is 5.82 Å². The summed E-state index contributed by atoms with van der Waals surface area (Å²) in [6.45, 7) is 2.03. The van der Waals surface area contributed by atoms with Gasteiger partial charge in [0.2, 0.25) is 0 Å². The lowest BCUT2D eigenvalue weighted by Gasteiger charge is -2.31. The number of fused-ring (bicyclic) bond motifs is 1. The zero-order chi connectivity index (χ0) is 9.47. The summed E-state index contributed by atoms with van der Waals surface area (Å²) in [6.07, 6.45) is 2.76. The molecule has 2 rings (SSSR count). The zero-order valence-corrected chi connectivity index (χ0v) is 7.81. The summed E-state index contributed by atoms with van der Waals surface area (Å²) in [5.74, 6) is -0.156. The van der Waals surface area contributed by atoms with Gasteiger partial charge in [-0.25, -0.2) is 4.39 Å². The quantitative estimate of drug-likeness (QED) is 0.648. The van der Waals surface area contributed by atoms with Crippen LogP contribution >= 0.6 is 0 Å². The van der Waals surface area contributed by atoms with Gasteiger partial charge in [-0.2, -0.15) is 0 Å². The van der Waals surface area contributed by atoms with Gasteiger partial charge in [0.1, 0.15) is 5.82 Å². The summed E-state index contributed by atoms with van der Waals surface area (Å²) in [6, 6.07) is 5.01. The van der Waals surface area contributed by atoms with E-state index in [4.69, 9.17) is 5.73 Å². The van der Waals surface area contributed by atoms with Crippen molar-refractivity contribution in [1.82, 2.24) is 0 Å². The summed E-state index contributed by atoms with van der Waals surface area (Å²) in [5, 5.41) is 0. The molecular formula is C11H14FN. The van der Waals surface area contributed by atoms with Crippen LogP contribution in [-0.4, -0.2) is 5.54 Å². The molecule has 0 radical (unpaired) electrons. The Morgan fingerprint density at radius 2 is 2.15 bits per heavy atom. The van der Waals surface area contributed by atoms with Crippen molar-refractivity contribution in [2.45, 2.75) is 31.7 Å². The lowest BCUT2D eigenvalue weighted by Crippen LogP contribution is -2.41. The van der Waals surface area contributed by atoms with Crippen LogP contribution in [0.3, 0.4) is 0 Å². The maximum Gasteiger partial charge on any atom is 0.123 e. The first-order chi connectivity index (χ1) is 6.07. The molecule has 1 nitrogen and oxygen atoms in total. The number of hydrogen-bond acceptors (Lipinski definition) is 1. The predicted molar refractivity (Wildman–Crippen MR) is 51.0 cm³/mol. The van der Waals surface area contributed by atoms with Gasteiger partial charge in [-0.05, 0) is 49.4 Å². The van der Waals surface area contributed by atoms with Crippen LogP contribution in [0.15, 0.2) is 18.2 Å². The van der Waals surface area contributed by atoms with E-state index in [1.54, 1.807) is 6.07 Å². The molecule has 0 saturated heterocycles. The van der Waals surface area contributed by atoms with Gasteiger partial charge >= 0.3 is 0 Å². The molecule has 0 saturated carbocycles. The number of rotatable bonds is 0. The molecule has 13 heavy (non-hydrogen) atoms. The van der Waals surface area contributed by atoms with Crippen molar-refractivity contribution in [1.29, 1.82) is 0 Å². The molecule has 1 unspecified atom stereocenters. The number of nitrogens with two attached hydrogens (primary N) is 1. The minimum Gasteiger partial charge on any atom is -0.325 e. The van der Waals surface area contributed by atoms with Crippen molar-refractivity contribution in [3.63, 3.8) is 0 Å². The van der Waals surface area contributed by atoms with Gasteiger partial charge in [0.05, 0.1) is 0 Å². The lowest BCUT2D eigenvalue weighted by molar-refractivity contribution is 0.407. The van der Waals surface area contributed by atoms with Gasteiger partial charge in [0.25, 0.3) is 0 Å². The van der Waals surface area contributed by atoms with Crippen LogP contribution in [0.2, 0.25) is 0 Å². The smallest absolute Gasteiger partial charge is 0.123 e. The third-order valence-corrected chi connectivity index (χ3v) is 2.73. The van der Waals surface area contributed by atoms with Gasteiger partial charge in [0, 0.05) is 5.54 Å². The Balaban J connectivity index is 2.38. The monoisotopic (exact) mass is 179 g/mol. The molecule has 0 bridgehead atoms. The van der Waals surface area contributed by atoms with E-state index in [9.17, 15) is 4.39 Å². The van der Waals surface area contributed by atoms with Crippen molar-refractivity contribution in [3.8, 4) is 0 Å². The Morgan fingerprint density at radius 1 is 1.38 bits per heavy atom. The van der Waals surface area contributed by atoms with Crippen LogP contribution in [0.4, 0.5) is 4.39 Å². The molecule has 0 aliphatic heterocycles. The van der Waals surface area contributed by atoms with Crippen LogP contribution in [-0.2, 0) is 12.8 Å². The van der Waals surface area contributed by atoms with Crippen LogP contribution in [0.1, 0.15) is 24.5 Å². The number of benzene rings is 1. The van der Waals surface area contributed by atoms with Crippen molar-refractivity contribution in [2.24, 2.45) is 5.73 Å². The van der Waals surface area contributed by atoms with Gasteiger partial charge in [-0.3, -0.25) is 0 Å². The molecule has 2 N–H and O–H groups in total. The Kier molecular flexibility index (Phi) is 1.88. The van der Waals surface area contributed by atoms with Gasteiger partial charge < -0.3 is 5.73 Å². The highest BCUT2D eigenvalue weighted by molar-refractivity contribution is 5.32. The van der Waals surface area contributed by atoms with Crippen molar-refractivity contribution < 1.29 is 4.39 Å². The predicted octanol–water partition coefficient (Wildman–Crippen LogP) is 2.03. The van der Waals surface area contributed by atoms with Crippen LogP contribution in [0.5, 0.6) is 0 Å². The standard InChI is InChI=1S/C11H14FN/c1-11(13)5-4-8-2-3-10(12)6-9(8)7-11/h2-3,6H,4-5,7,13H2,1H3. The van der Waals surface area contributed by atoms with Crippen molar-refractivity contribution in [2.75, 3.05) is 0 Å². The molecule has 0 aromatic heterocycles. The average molecular weight is 179 g/mol. The molecule has 0 spiro atoms. The Labute approximate surface area is 77.8 Å². The van der Waals surface area contributed by atoms with Crippen LogP contribution in [0.25, 0.3) is 0 Å². The van der Waals surface area contributed by atoms with E-state index < -0.39 is 0 Å². The second kappa shape index (κ2) is 2.81. The maximum atomic E-state index is 12.9. The number of aryl methyl sites for hydroxylation is 1. The summed E-state index contributed by atoms with van der Waals surface area (Å²) in [5.41, 5.74) is 8.20. The first kappa shape index (κ1) is 8.70. The minimum absolute atomic E-state index is 0.152. The van der Waals surface area contributed by atoms with Gasteiger partial charge in [0.15, 0.2) is 0 Å².